The third-order valence-corrected chi connectivity index (χ3v) is 2.03. The van der Waals surface area contributed by atoms with E-state index >= 15 is 0 Å². The lowest BCUT2D eigenvalue weighted by atomic mass is 10.2. The van der Waals surface area contributed by atoms with Gasteiger partial charge in [-0.05, 0) is 0 Å². The van der Waals surface area contributed by atoms with E-state index in [1.165, 1.54) is 19.1 Å². The van der Waals surface area contributed by atoms with Crippen LogP contribution in [0.15, 0.2) is 12.1 Å². The molecule has 82 valence electrons. The molecule has 0 spiro atoms. The van der Waals surface area contributed by atoms with Crippen molar-refractivity contribution in [3.63, 3.8) is 0 Å². The van der Waals surface area contributed by atoms with Gasteiger partial charge in [-0.1, -0.05) is 0 Å². The van der Waals surface area contributed by atoms with Gasteiger partial charge in [-0.25, -0.2) is 0 Å². The molecule has 0 fully saturated rings. The second-order valence-electron chi connectivity index (χ2n) is 2.92. The lowest BCUT2D eigenvalue weighted by Crippen LogP contribution is -2.13. The van der Waals surface area contributed by atoms with Crippen LogP contribution in [-0.4, -0.2) is 32.8 Å². The molecular formula is C10H13NO4. The summed E-state index contributed by atoms with van der Waals surface area (Å²) in [4.78, 5) is 11.9. The van der Waals surface area contributed by atoms with E-state index in [-0.39, 0.29) is 17.2 Å². The molecule has 0 atom stereocenters. The average molecular weight is 211 g/mol. The quantitative estimate of drug-likeness (QED) is 0.755. The van der Waals surface area contributed by atoms with Crippen LogP contribution in [-0.2, 0) is 4.79 Å². The van der Waals surface area contributed by atoms with Crippen molar-refractivity contribution < 1.29 is 19.4 Å². The predicted molar refractivity (Wildman–Crippen MR) is 55.7 cm³/mol. The number of hydrogen-bond acceptors (Lipinski definition) is 4. The summed E-state index contributed by atoms with van der Waals surface area (Å²) in [5, 5.41) is 9.61. The highest BCUT2D eigenvalue weighted by Gasteiger charge is 2.12. The number of nitrogens with zero attached hydrogens (tertiary/aromatic N) is 1. The van der Waals surface area contributed by atoms with Gasteiger partial charge in [-0.3, -0.25) is 4.79 Å². The van der Waals surface area contributed by atoms with E-state index < -0.39 is 0 Å². The summed E-state index contributed by atoms with van der Waals surface area (Å²) >= 11 is 0. The molecule has 5 heteroatoms. The predicted octanol–water partition coefficient (Wildman–Crippen LogP) is 1.00. The highest BCUT2D eigenvalue weighted by Crippen LogP contribution is 2.39. The number of methoxy groups -OCH3 is 2. The summed E-state index contributed by atoms with van der Waals surface area (Å²) in [5.74, 6) is 0.444. The summed E-state index contributed by atoms with van der Waals surface area (Å²) in [6.45, 7) is 0. The van der Waals surface area contributed by atoms with Crippen LogP contribution >= 0.6 is 0 Å². The molecule has 1 N–H and O–H groups in total. The van der Waals surface area contributed by atoms with Crippen LogP contribution in [0, 0.1) is 0 Å². The number of hydrogen-bond donors (Lipinski definition) is 1. The van der Waals surface area contributed by atoms with Crippen LogP contribution < -0.4 is 14.4 Å². The highest BCUT2D eigenvalue weighted by atomic mass is 16.5. The van der Waals surface area contributed by atoms with Crippen LogP contribution in [0.1, 0.15) is 0 Å². The summed E-state index contributed by atoms with van der Waals surface area (Å²) in [5.41, 5.74) is 0.580. The first-order chi connectivity index (χ1) is 7.13. The number of phenols is 1. The largest absolute Gasteiger partial charge is 0.502 e. The van der Waals surface area contributed by atoms with Crippen molar-refractivity contribution >= 4 is 12.1 Å². The molecule has 0 saturated heterocycles. The van der Waals surface area contributed by atoms with E-state index in [2.05, 4.69) is 0 Å². The summed E-state index contributed by atoms with van der Waals surface area (Å²) < 4.78 is 9.90. The molecule has 0 radical (unpaired) electrons. The van der Waals surface area contributed by atoms with Gasteiger partial charge < -0.3 is 19.5 Å². The SMILES string of the molecule is COc1cc(N(C)C=O)cc(OC)c1O. The monoisotopic (exact) mass is 211 g/mol. The van der Waals surface area contributed by atoms with E-state index in [9.17, 15) is 9.90 Å². The van der Waals surface area contributed by atoms with Gasteiger partial charge >= 0.3 is 0 Å². The number of aromatic hydroxyl groups is 1. The number of carbonyl (C=O) groups excluding carboxylic acids is 1. The van der Waals surface area contributed by atoms with Crippen LogP contribution in [0.25, 0.3) is 0 Å². The maximum Gasteiger partial charge on any atom is 0.213 e. The topological polar surface area (TPSA) is 59.0 Å². The van der Waals surface area contributed by atoms with E-state index in [1.54, 1.807) is 19.2 Å². The molecule has 0 saturated carbocycles. The van der Waals surface area contributed by atoms with Gasteiger partial charge in [0, 0.05) is 19.2 Å². The molecule has 0 aromatic heterocycles. The second-order valence-corrected chi connectivity index (χ2v) is 2.92. The fraction of sp³-hybridized carbons (Fsp3) is 0.300. The Bertz CT molecular complexity index is 339. The van der Waals surface area contributed by atoms with Gasteiger partial charge in [-0.2, -0.15) is 0 Å². The fourth-order valence-electron chi connectivity index (χ4n) is 1.14. The number of carbonyl (C=O) groups is 1. The van der Waals surface area contributed by atoms with E-state index in [0.717, 1.165) is 0 Å². The van der Waals surface area contributed by atoms with Gasteiger partial charge in [0.1, 0.15) is 0 Å². The number of anilines is 1. The van der Waals surface area contributed by atoms with Crippen molar-refractivity contribution in [3.8, 4) is 17.2 Å². The Labute approximate surface area is 87.8 Å². The number of amides is 1. The third-order valence-electron chi connectivity index (χ3n) is 2.03. The molecular weight excluding hydrogens is 198 g/mol. The first kappa shape index (κ1) is 11.2. The smallest absolute Gasteiger partial charge is 0.213 e. The Morgan fingerprint density at radius 3 is 2.07 bits per heavy atom. The first-order valence-electron chi connectivity index (χ1n) is 4.27. The minimum Gasteiger partial charge on any atom is -0.502 e. The molecule has 0 aliphatic rings. The molecule has 0 bridgehead atoms. The molecule has 1 amide bonds. The third kappa shape index (κ3) is 2.12. The summed E-state index contributed by atoms with van der Waals surface area (Å²) in [7, 11) is 4.45. The Morgan fingerprint density at radius 2 is 1.73 bits per heavy atom. The number of ether oxygens (including phenoxy) is 2. The van der Waals surface area contributed by atoms with Gasteiger partial charge in [0.2, 0.25) is 12.2 Å². The molecule has 5 nitrogen and oxygen atoms in total. The lowest BCUT2D eigenvalue weighted by Gasteiger charge is -2.15. The molecule has 15 heavy (non-hydrogen) atoms. The van der Waals surface area contributed by atoms with Gasteiger partial charge in [-0.15, -0.1) is 0 Å². The average Bonchev–Trinajstić information content (AvgIpc) is 2.28. The van der Waals surface area contributed by atoms with Crippen molar-refractivity contribution in [2.24, 2.45) is 0 Å². The Kier molecular flexibility index (Phi) is 3.38. The second kappa shape index (κ2) is 4.54. The molecule has 1 aromatic carbocycles. The zero-order valence-corrected chi connectivity index (χ0v) is 8.85. The van der Waals surface area contributed by atoms with Crippen LogP contribution in [0.5, 0.6) is 17.2 Å². The Balaban J connectivity index is 3.26. The molecule has 0 heterocycles. The molecule has 0 unspecified atom stereocenters. The van der Waals surface area contributed by atoms with Gasteiger partial charge in [0.25, 0.3) is 0 Å². The Hall–Kier alpha value is -1.91. The normalized spacial score (nSPS) is 9.53. The minimum atomic E-state index is -0.0805. The number of phenolic OH excluding ortho intramolecular Hbond substituents is 1. The van der Waals surface area contributed by atoms with Crippen LogP contribution in [0.3, 0.4) is 0 Å². The lowest BCUT2D eigenvalue weighted by molar-refractivity contribution is -0.107. The Morgan fingerprint density at radius 1 is 1.27 bits per heavy atom. The number of benzene rings is 1. The standard InChI is InChI=1S/C10H13NO4/c1-11(6-12)7-4-8(14-2)10(13)9(5-7)15-3/h4-6,13H,1-3H3. The summed E-state index contributed by atoms with van der Waals surface area (Å²) in [6.07, 6.45) is 0.658. The van der Waals surface area contributed by atoms with E-state index in [4.69, 9.17) is 9.47 Å². The van der Waals surface area contributed by atoms with Crippen molar-refractivity contribution in [1.29, 1.82) is 0 Å². The highest BCUT2D eigenvalue weighted by molar-refractivity contribution is 5.77. The summed E-state index contributed by atoms with van der Waals surface area (Å²) in [6, 6.07) is 3.10. The minimum absolute atomic E-state index is 0.0805. The van der Waals surface area contributed by atoms with Gasteiger partial charge in [0.05, 0.1) is 19.9 Å². The maximum absolute atomic E-state index is 10.6. The van der Waals surface area contributed by atoms with Crippen molar-refractivity contribution in [1.82, 2.24) is 0 Å². The fourth-order valence-corrected chi connectivity index (χ4v) is 1.14. The van der Waals surface area contributed by atoms with E-state index in [1.807, 2.05) is 0 Å². The zero-order chi connectivity index (χ0) is 11.4. The van der Waals surface area contributed by atoms with Crippen molar-refractivity contribution in [3.05, 3.63) is 12.1 Å². The molecule has 1 rings (SSSR count). The van der Waals surface area contributed by atoms with Crippen LogP contribution in [0.4, 0.5) is 5.69 Å². The van der Waals surface area contributed by atoms with Crippen molar-refractivity contribution in [2.45, 2.75) is 0 Å². The first-order valence-corrected chi connectivity index (χ1v) is 4.27. The molecule has 1 aromatic rings. The zero-order valence-electron chi connectivity index (χ0n) is 8.85. The molecule has 0 aliphatic heterocycles. The maximum atomic E-state index is 10.6. The number of rotatable bonds is 4. The molecule has 0 aliphatic carbocycles. The van der Waals surface area contributed by atoms with Gasteiger partial charge in [0.15, 0.2) is 11.5 Å². The van der Waals surface area contributed by atoms with E-state index in [0.29, 0.717) is 12.1 Å². The van der Waals surface area contributed by atoms with Crippen LogP contribution in [0.2, 0.25) is 0 Å². The van der Waals surface area contributed by atoms with Crippen molar-refractivity contribution in [2.75, 3.05) is 26.2 Å².